The summed E-state index contributed by atoms with van der Waals surface area (Å²) in [7, 11) is 1.81. The lowest BCUT2D eigenvalue weighted by atomic mass is 9.86. The predicted molar refractivity (Wildman–Crippen MR) is 120 cm³/mol. The number of rotatable bonds is 7. The van der Waals surface area contributed by atoms with Crippen LogP contribution in [-0.4, -0.2) is 35.9 Å². The van der Waals surface area contributed by atoms with Crippen molar-refractivity contribution in [2.24, 2.45) is 4.99 Å². The second kappa shape index (κ2) is 11.2. The van der Waals surface area contributed by atoms with E-state index in [4.69, 9.17) is 0 Å². The van der Waals surface area contributed by atoms with Gasteiger partial charge >= 0.3 is 0 Å². The summed E-state index contributed by atoms with van der Waals surface area (Å²) in [4.78, 5) is 4.27. The second-order valence-electron chi connectivity index (χ2n) is 7.25. The van der Waals surface area contributed by atoms with Crippen molar-refractivity contribution in [1.29, 1.82) is 0 Å². The average molecular weight is 469 g/mol. The molecule has 2 aromatic rings. The van der Waals surface area contributed by atoms with E-state index in [1.807, 2.05) is 23.1 Å². The number of aliphatic imine (C=N–C) groups is 1. The van der Waals surface area contributed by atoms with Crippen molar-refractivity contribution in [3.05, 3.63) is 53.9 Å². The van der Waals surface area contributed by atoms with Crippen LogP contribution in [0.1, 0.15) is 38.3 Å². The molecule has 0 bridgehead atoms. The molecule has 5 nitrogen and oxygen atoms in total. The predicted octanol–water partition coefficient (Wildman–Crippen LogP) is 3.60. The van der Waals surface area contributed by atoms with Crippen molar-refractivity contribution in [3.63, 3.8) is 0 Å². The lowest BCUT2D eigenvalue weighted by molar-refractivity contribution is 0.570. The minimum Gasteiger partial charge on any atom is -0.356 e. The van der Waals surface area contributed by atoms with E-state index in [0.29, 0.717) is 0 Å². The normalized spacial score (nSPS) is 11.8. The third-order valence-corrected chi connectivity index (χ3v) is 4.17. The van der Waals surface area contributed by atoms with Crippen molar-refractivity contribution < 1.29 is 0 Å². The van der Waals surface area contributed by atoms with Gasteiger partial charge in [0, 0.05) is 39.1 Å². The van der Waals surface area contributed by atoms with Crippen LogP contribution in [0.4, 0.5) is 0 Å². The van der Waals surface area contributed by atoms with Gasteiger partial charge in [-0.05, 0) is 35.4 Å². The average Bonchev–Trinajstić information content (AvgIpc) is 3.10. The van der Waals surface area contributed by atoms with Crippen LogP contribution in [0.5, 0.6) is 0 Å². The largest absolute Gasteiger partial charge is 0.356 e. The fourth-order valence-electron chi connectivity index (χ4n) is 2.60. The molecule has 0 atom stereocenters. The molecule has 0 aliphatic carbocycles. The molecule has 26 heavy (non-hydrogen) atoms. The standard InChI is InChI=1S/C20H31N5.HI/c1-20(2,3)18-9-7-17(8-10-18)11-14-23-19(21-4)22-12-5-15-25-16-6-13-24-25;/h6-10,13,16H,5,11-12,14-15H2,1-4H3,(H2,21,22,23);1H. The summed E-state index contributed by atoms with van der Waals surface area (Å²) in [6.07, 6.45) is 5.79. The maximum Gasteiger partial charge on any atom is 0.190 e. The van der Waals surface area contributed by atoms with E-state index < -0.39 is 0 Å². The molecular formula is C20H32IN5. The molecule has 1 heterocycles. The zero-order chi connectivity index (χ0) is 18.1. The Balaban J connectivity index is 0.00000338. The molecule has 6 heteroatoms. The van der Waals surface area contributed by atoms with Gasteiger partial charge in [-0.2, -0.15) is 5.10 Å². The van der Waals surface area contributed by atoms with Gasteiger partial charge in [-0.15, -0.1) is 24.0 Å². The highest BCUT2D eigenvalue weighted by Gasteiger charge is 2.12. The number of aromatic nitrogens is 2. The Morgan fingerprint density at radius 2 is 1.81 bits per heavy atom. The Morgan fingerprint density at radius 3 is 2.38 bits per heavy atom. The number of hydrogen-bond acceptors (Lipinski definition) is 2. The Bertz CT molecular complexity index is 642. The molecule has 0 aliphatic rings. The molecule has 2 N–H and O–H groups in total. The SMILES string of the molecule is CN=C(NCCCn1cccn1)NCCc1ccc(C(C)(C)C)cc1.I. The third kappa shape index (κ3) is 7.76. The number of aryl methyl sites for hydroxylation is 1. The first-order valence-electron chi connectivity index (χ1n) is 9.00. The summed E-state index contributed by atoms with van der Waals surface area (Å²) in [6, 6.07) is 10.9. The van der Waals surface area contributed by atoms with E-state index in [2.05, 4.69) is 65.8 Å². The molecule has 0 radical (unpaired) electrons. The summed E-state index contributed by atoms with van der Waals surface area (Å²) in [5, 5.41) is 10.9. The fraction of sp³-hybridized carbons (Fsp3) is 0.500. The van der Waals surface area contributed by atoms with Crippen molar-refractivity contribution in [3.8, 4) is 0 Å². The molecule has 0 saturated heterocycles. The van der Waals surface area contributed by atoms with Crippen molar-refractivity contribution >= 4 is 29.9 Å². The van der Waals surface area contributed by atoms with Gasteiger partial charge in [0.1, 0.15) is 0 Å². The topological polar surface area (TPSA) is 54.2 Å². The van der Waals surface area contributed by atoms with Crippen LogP contribution in [0, 0.1) is 0 Å². The summed E-state index contributed by atoms with van der Waals surface area (Å²) in [6.45, 7) is 9.38. The zero-order valence-corrected chi connectivity index (χ0v) is 18.7. The summed E-state index contributed by atoms with van der Waals surface area (Å²) in [5.41, 5.74) is 2.92. The van der Waals surface area contributed by atoms with E-state index in [1.165, 1.54) is 11.1 Å². The van der Waals surface area contributed by atoms with Gasteiger partial charge in [-0.1, -0.05) is 45.0 Å². The van der Waals surface area contributed by atoms with E-state index in [0.717, 1.165) is 38.4 Å². The molecule has 144 valence electrons. The molecule has 0 saturated carbocycles. The Hall–Kier alpha value is -1.57. The van der Waals surface area contributed by atoms with E-state index >= 15 is 0 Å². The number of nitrogens with one attached hydrogen (secondary N) is 2. The lowest BCUT2D eigenvalue weighted by Crippen LogP contribution is -2.39. The first-order chi connectivity index (χ1) is 12.0. The smallest absolute Gasteiger partial charge is 0.190 e. The molecule has 0 spiro atoms. The third-order valence-electron chi connectivity index (χ3n) is 4.17. The van der Waals surface area contributed by atoms with Gasteiger partial charge in [0.15, 0.2) is 5.96 Å². The van der Waals surface area contributed by atoms with Crippen molar-refractivity contribution in [1.82, 2.24) is 20.4 Å². The molecule has 0 aliphatic heterocycles. The Labute approximate surface area is 174 Å². The van der Waals surface area contributed by atoms with Gasteiger partial charge in [-0.25, -0.2) is 0 Å². The molecular weight excluding hydrogens is 437 g/mol. The first kappa shape index (κ1) is 22.5. The van der Waals surface area contributed by atoms with E-state index in [1.54, 1.807) is 7.05 Å². The van der Waals surface area contributed by atoms with Gasteiger partial charge in [0.05, 0.1) is 0 Å². The van der Waals surface area contributed by atoms with Crippen LogP contribution < -0.4 is 10.6 Å². The van der Waals surface area contributed by atoms with Crippen LogP contribution >= 0.6 is 24.0 Å². The highest BCUT2D eigenvalue weighted by atomic mass is 127. The summed E-state index contributed by atoms with van der Waals surface area (Å²) < 4.78 is 1.94. The minimum atomic E-state index is 0. The van der Waals surface area contributed by atoms with E-state index in [-0.39, 0.29) is 29.4 Å². The number of hydrogen-bond donors (Lipinski definition) is 2. The van der Waals surface area contributed by atoms with Crippen molar-refractivity contribution in [2.45, 2.75) is 45.6 Å². The highest BCUT2D eigenvalue weighted by molar-refractivity contribution is 14.0. The molecule has 0 unspecified atom stereocenters. The van der Waals surface area contributed by atoms with Gasteiger partial charge in [0.25, 0.3) is 0 Å². The van der Waals surface area contributed by atoms with E-state index in [9.17, 15) is 0 Å². The maximum atomic E-state index is 4.27. The maximum absolute atomic E-state index is 4.27. The fourth-order valence-corrected chi connectivity index (χ4v) is 2.60. The zero-order valence-electron chi connectivity index (χ0n) is 16.3. The lowest BCUT2D eigenvalue weighted by Gasteiger charge is -2.19. The summed E-state index contributed by atoms with van der Waals surface area (Å²) in [5.74, 6) is 0.853. The number of nitrogens with zero attached hydrogens (tertiary/aromatic N) is 3. The summed E-state index contributed by atoms with van der Waals surface area (Å²) >= 11 is 0. The first-order valence-corrected chi connectivity index (χ1v) is 9.00. The van der Waals surface area contributed by atoms with Crippen LogP contribution in [0.3, 0.4) is 0 Å². The van der Waals surface area contributed by atoms with Gasteiger partial charge < -0.3 is 10.6 Å². The van der Waals surface area contributed by atoms with Crippen LogP contribution in [-0.2, 0) is 18.4 Å². The molecule has 0 fully saturated rings. The van der Waals surface area contributed by atoms with Crippen LogP contribution in [0.25, 0.3) is 0 Å². The number of halogens is 1. The quantitative estimate of drug-likeness (QED) is 0.282. The minimum absolute atomic E-state index is 0. The second-order valence-corrected chi connectivity index (χ2v) is 7.25. The monoisotopic (exact) mass is 469 g/mol. The molecule has 1 aromatic carbocycles. The van der Waals surface area contributed by atoms with Gasteiger partial charge in [0.2, 0.25) is 0 Å². The van der Waals surface area contributed by atoms with Crippen molar-refractivity contribution in [2.75, 3.05) is 20.1 Å². The van der Waals surface area contributed by atoms with Crippen LogP contribution in [0.15, 0.2) is 47.7 Å². The molecule has 0 amide bonds. The Kier molecular flexibility index (Phi) is 9.69. The highest BCUT2D eigenvalue weighted by Crippen LogP contribution is 2.22. The van der Waals surface area contributed by atoms with Gasteiger partial charge in [-0.3, -0.25) is 9.67 Å². The Morgan fingerprint density at radius 1 is 1.12 bits per heavy atom. The molecule has 1 aromatic heterocycles. The van der Waals surface area contributed by atoms with Crippen LogP contribution in [0.2, 0.25) is 0 Å². The number of guanidine groups is 1. The molecule has 2 rings (SSSR count). The number of benzene rings is 1.